The number of hydrogen-bond donors (Lipinski definition) is 1. The summed E-state index contributed by atoms with van der Waals surface area (Å²) in [5, 5.41) is 13.4. The number of sulfone groups is 1. The Morgan fingerprint density at radius 2 is 2.03 bits per heavy atom. The number of amides is 1. The molecule has 35 heavy (non-hydrogen) atoms. The van der Waals surface area contributed by atoms with Crippen molar-refractivity contribution in [2.24, 2.45) is 10.1 Å². The number of nitrogens with one attached hydrogen (secondary N) is 1. The first-order chi connectivity index (χ1) is 16.6. The number of ether oxygens (including phenoxy) is 2. The summed E-state index contributed by atoms with van der Waals surface area (Å²) in [6.07, 6.45) is 1.37. The number of hydrogen-bond acceptors (Lipinski definition) is 9. The van der Waals surface area contributed by atoms with E-state index in [4.69, 9.17) is 26.5 Å². The topological polar surface area (TPSA) is 139 Å². The summed E-state index contributed by atoms with van der Waals surface area (Å²) in [7, 11) is -2.14. The van der Waals surface area contributed by atoms with E-state index in [9.17, 15) is 18.0 Å². The zero-order valence-electron chi connectivity index (χ0n) is 18.3. The largest absolute Gasteiger partial charge is 0.497 e. The number of fused-ring (bicyclic) bond motifs is 1. The predicted molar refractivity (Wildman–Crippen MR) is 134 cm³/mol. The Balaban J connectivity index is 1.56. The average Bonchev–Trinajstić information content (AvgIpc) is 3.28. The van der Waals surface area contributed by atoms with Gasteiger partial charge < -0.3 is 9.47 Å². The molecule has 0 spiro atoms. The van der Waals surface area contributed by atoms with Crippen LogP contribution in [0.15, 0.2) is 58.1 Å². The Bertz CT molecular complexity index is 1470. The van der Waals surface area contributed by atoms with Gasteiger partial charge in [-0.3, -0.25) is 10.2 Å². The molecular formula is C22H17ClN4O6S2. The quantitative estimate of drug-likeness (QED) is 0.350. The molecule has 13 heteroatoms. The van der Waals surface area contributed by atoms with Crippen molar-refractivity contribution in [3.8, 4) is 11.5 Å². The van der Waals surface area contributed by atoms with Crippen LogP contribution in [0.25, 0.3) is 6.08 Å². The number of carbonyl (C=O) groups excluding carboxylic acids is 2. The maximum absolute atomic E-state index is 12.5. The molecule has 2 heterocycles. The third-order valence-electron chi connectivity index (χ3n) is 4.86. The molecule has 1 amide bonds. The Morgan fingerprint density at radius 3 is 2.71 bits per heavy atom. The number of hydrazone groups is 1. The maximum atomic E-state index is 12.5. The summed E-state index contributed by atoms with van der Waals surface area (Å²) < 4.78 is 34.5. The van der Waals surface area contributed by atoms with Gasteiger partial charge in [-0.2, -0.15) is 10.0 Å². The summed E-state index contributed by atoms with van der Waals surface area (Å²) in [4.78, 5) is 28.8. The van der Waals surface area contributed by atoms with Crippen molar-refractivity contribution in [3.05, 3.63) is 64.2 Å². The Hall–Kier alpha value is -3.48. The lowest BCUT2D eigenvalue weighted by Gasteiger charge is -2.20. The fourth-order valence-electron chi connectivity index (χ4n) is 2.99. The van der Waals surface area contributed by atoms with Crippen LogP contribution in [0.1, 0.15) is 22.8 Å². The zero-order valence-corrected chi connectivity index (χ0v) is 20.7. The number of amidine groups is 2. The standard InChI is InChI=1S/C22H17ClN4O6S2/c1-3-35(30,31)22-26-27-18(24)15(19(28)25-21(27)34-22)9-12-7-8-17(16(23)10-12)33-20(29)13-5-4-6-14(11-13)32-2/h4-11,24H,3H2,1-2H3/b15-9-,24-18?. The lowest BCUT2D eigenvalue weighted by molar-refractivity contribution is -0.114. The molecular weight excluding hydrogens is 516 g/mol. The van der Waals surface area contributed by atoms with E-state index in [2.05, 4.69) is 10.1 Å². The second-order valence-electron chi connectivity index (χ2n) is 7.10. The molecule has 2 aromatic carbocycles. The van der Waals surface area contributed by atoms with Crippen LogP contribution >= 0.6 is 23.4 Å². The van der Waals surface area contributed by atoms with Gasteiger partial charge in [0.1, 0.15) is 11.5 Å². The zero-order chi connectivity index (χ0) is 25.3. The summed E-state index contributed by atoms with van der Waals surface area (Å²) in [6.45, 7) is 1.47. The molecule has 2 aliphatic rings. The molecule has 0 aliphatic carbocycles. The van der Waals surface area contributed by atoms with Crippen LogP contribution in [-0.4, -0.2) is 53.5 Å². The second-order valence-corrected chi connectivity index (χ2v) is 10.9. The highest BCUT2D eigenvalue weighted by Gasteiger charge is 2.39. The van der Waals surface area contributed by atoms with Crippen molar-refractivity contribution in [3.63, 3.8) is 0 Å². The first-order valence-corrected chi connectivity index (χ1v) is 12.9. The number of aliphatic imine (C=N–C) groups is 1. The minimum atomic E-state index is -3.62. The SMILES string of the molecule is CCS(=O)(=O)C1=NN2C(=N)/C(=C/c3ccc(OC(=O)c4cccc(OC)c4)c(Cl)c3)C(=O)N=C2S1. The van der Waals surface area contributed by atoms with E-state index in [0.717, 1.165) is 16.8 Å². The smallest absolute Gasteiger partial charge is 0.343 e. The molecule has 0 bridgehead atoms. The molecule has 0 unspecified atom stereocenters. The molecule has 1 N–H and O–H groups in total. The number of carbonyl (C=O) groups is 2. The van der Waals surface area contributed by atoms with Crippen LogP contribution in [0.5, 0.6) is 11.5 Å². The van der Waals surface area contributed by atoms with Crippen LogP contribution in [-0.2, 0) is 14.6 Å². The van der Waals surface area contributed by atoms with Gasteiger partial charge >= 0.3 is 5.97 Å². The molecule has 4 rings (SSSR count). The number of rotatable bonds is 5. The summed E-state index contributed by atoms with van der Waals surface area (Å²) in [5.74, 6) is -1.25. The fraction of sp³-hybridized carbons (Fsp3) is 0.136. The lowest BCUT2D eigenvalue weighted by Crippen LogP contribution is -2.35. The fourth-order valence-corrected chi connectivity index (χ4v) is 5.38. The lowest BCUT2D eigenvalue weighted by atomic mass is 10.1. The maximum Gasteiger partial charge on any atom is 0.343 e. The molecule has 180 valence electrons. The van der Waals surface area contributed by atoms with Crippen molar-refractivity contribution in [2.75, 3.05) is 12.9 Å². The average molecular weight is 533 g/mol. The number of esters is 1. The monoisotopic (exact) mass is 532 g/mol. The van der Waals surface area contributed by atoms with E-state index >= 15 is 0 Å². The van der Waals surface area contributed by atoms with E-state index < -0.39 is 21.7 Å². The molecule has 0 aromatic heterocycles. The predicted octanol–water partition coefficient (Wildman–Crippen LogP) is 3.58. The highest BCUT2D eigenvalue weighted by atomic mass is 35.5. The van der Waals surface area contributed by atoms with E-state index in [1.165, 1.54) is 38.3 Å². The molecule has 2 aliphatic heterocycles. The molecule has 2 aromatic rings. The van der Waals surface area contributed by atoms with E-state index in [1.807, 2.05) is 0 Å². The third-order valence-corrected chi connectivity index (χ3v) is 8.24. The van der Waals surface area contributed by atoms with Gasteiger partial charge in [0, 0.05) is 0 Å². The summed E-state index contributed by atoms with van der Waals surface area (Å²) in [5.41, 5.74) is 0.598. The molecule has 0 fully saturated rings. The van der Waals surface area contributed by atoms with Crippen LogP contribution in [0.2, 0.25) is 5.02 Å². The molecule has 0 atom stereocenters. The van der Waals surface area contributed by atoms with Crippen LogP contribution in [0.4, 0.5) is 0 Å². The minimum Gasteiger partial charge on any atom is -0.497 e. The molecule has 10 nitrogen and oxygen atoms in total. The number of benzene rings is 2. The summed E-state index contributed by atoms with van der Waals surface area (Å²) in [6, 6.07) is 10.9. The van der Waals surface area contributed by atoms with Crippen molar-refractivity contribution in [2.45, 2.75) is 6.92 Å². The van der Waals surface area contributed by atoms with Crippen molar-refractivity contribution >= 4 is 66.5 Å². The van der Waals surface area contributed by atoms with Crippen molar-refractivity contribution in [1.82, 2.24) is 5.01 Å². The highest BCUT2D eigenvalue weighted by Crippen LogP contribution is 2.32. The van der Waals surface area contributed by atoms with Crippen molar-refractivity contribution in [1.29, 1.82) is 5.41 Å². The summed E-state index contributed by atoms with van der Waals surface area (Å²) >= 11 is 7.01. The van der Waals surface area contributed by atoms with Gasteiger partial charge in [-0.1, -0.05) is 30.7 Å². The van der Waals surface area contributed by atoms with Gasteiger partial charge in [-0.25, -0.2) is 13.2 Å². The number of methoxy groups -OCH3 is 1. The number of halogens is 1. The van der Waals surface area contributed by atoms with Crippen LogP contribution < -0.4 is 9.47 Å². The van der Waals surface area contributed by atoms with E-state index in [1.54, 1.807) is 24.3 Å². The van der Waals surface area contributed by atoms with Crippen molar-refractivity contribution < 1.29 is 27.5 Å². The normalized spacial score (nSPS) is 16.7. The van der Waals surface area contributed by atoms with Gasteiger partial charge in [-0.05, 0) is 53.7 Å². The van der Waals surface area contributed by atoms with Crippen LogP contribution in [0, 0.1) is 5.41 Å². The second kappa shape index (κ2) is 9.64. The Morgan fingerprint density at radius 1 is 1.26 bits per heavy atom. The number of nitrogens with zero attached hydrogens (tertiary/aromatic N) is 3. The van der Waals surface area contributed by atoms with Gasteiger partial charge in [0.15, 0.2) is 5.84 Å². The molecule has 0 radical (unpaired) electrons. The third kappa shape index (κ3) is 4.99. The molecule has 0 saturated heterocycles. The first-order valence-electron chi connectivity index (χ1n) is 10.0. The molecule has 0 saturated carbocycles. The Labute approximate surface area is 209 Å². The Kier molecular flexibility index (Phi) is 6.79. The van der Waals surface area contributed by atoms with Gasteiger partial charge in [-0.15, -0.1) is 5.10 Å². The van der Waals surface area contributed by atoms with Gasteiger partial charge in [0.05, 0.1) is 29.0 Å². The first kappa shape index (κ1) is 24.6. The number of thioether (sulfide) groups is 1. The van der Waals surface area contributed by atoms with E-state index in [-0.39, 0.29) is 43.0 Å². The van der Waals surface area contributed by atoms with Gasteiger partial charge in [0.25, 0.3) is 5.91 Å². The minimum absolute atomic E-state index is 0.00186. The highest BCUT2D eigenvalue weighted by molar-refractivity contribution is 8.42. The van der Waals surface area contributed by atoms with Gasteiger partial charge in [0.2, 0.25) is 19.4 Å². The van der Waals surface area contributed by atoms with Crippen LogP contribution in [0.3, 0.4) is 0 Å². The van der Waals surface area contributed by atoms with E-state index in [0.29, 0.717) is 11.3 Å².